The zero-order chi connectivity index (χ0) is 9.42. The molecule has 1 heterocycles. The second kappa shape index (κ2) is 3.46. The lowest BCUT2D eigenvalue weighted by molar-refractivity contribution is 0.463. The summed E-state index contributed by atoms with van der Waals surface area (Å²) in [5.41, 5.74) is 2.64. The van der Waals surface area contributed by atoms with Crippen molar-refractivity contribution in [3.63, 3.8) is 0 Å². The fourth-order valence-corrected chi connectivity index (χ4v) is 2.83. The monoisotopic (exact) mass is 289 g/mol. The highest BCUT2D eigenvalue weighted by atomic mass is 127. The van der Waals surface area contributed by atoms with Gasteiger partial charge in [0, 0.05) is 6.04 Å². The number of aromatic hydroxyl groups is 1. The number of nitrogens with one attached hydrogen (secondary N) is 1. The van der Waals surface area contributed by atoms with Crippen LogP contribution < -0.4 is 5.32 Å². The van der Waals surface area contributed by atoms with Crippen LogP contribution in [0.15, 0.2) is 12.1 Å². The summed E-state index contributed by atoms with van der Waals surface area (Å²) in [4.78, 5) is 0. The fraction of sp³-hybridized carbons (Fsp3) is 0.400. The van der Waals surface area contributed by atoms with E-state index in [0.717, 1.165) is 16.5 Å². The lowest BCUT2D eigenvalue weighted by Crippen LogP contribution is -2.28. The van der Waals surface area contributed by atoms with Crippen LogP contribution in [0.5, 0.6) is 5.75 Å². The number of halogens is 1. The lowest BCUT2D eigenvalue weighted by Gasteiger charge is -2.25. The van der Waals surface area contributed by atoms with E-state index < -0.39 is 0 Å². The van der Waals surface area contributed by atoms with Crippen molar-refractivity contribution in [2.24, 2.45) is 0 Å². The summed E-state index contributed by atoms with van der Waals surface area (Å²) < 4.78 is 0.995. The van der Waals surface area contributed by atoms with Crippen molar-refractivity contribution in [2.45, 2.75) is 19.4 Å². The maximum atomic E-state index is 9.56. The molecule has 0 aliphatic carbocycles. The average molecular weight is 289 g/mol. The standard InChI is InChI=1S/C10H12INO/c1-6-9-7(4-5-12-6)2-3-8(13)10(9)11/h2-3,6,12-13H,4-5H2,1H3. The first kappa shape index (κ1) is 9.27. The molecule has 2 rings (SSSR count). The molecule has 0 fully saturated rings. The van der Waals surface area contributed by atoms with Crippen LogP contribution in [0.3, 0.4) is 0 Å². The number of phenolic OH excluding ortho intramolecular Hbond substituents is 1. The topological polar surface area (TPSA) is 32.3 Å². The number of benzene rings is 1. The molecule has 2 nitrogen and oxygen atoms in total. The molecule has 13 heavy (non-hydrogen) atoms. The number of hydrogen-bond acceptors (Lipinski definition) is 2. The molecule has 0 amide bonds. The second-order valence-electron chi connectivity index (χ2n) is 3.40. The van der Waals surface area contributed by atoms with Crippen LogP contribution in [0.2, 0.25) is 0 Å². The summed E-state index contributed by atoms with van der Waals surface area (Å²) in [6.07, 6.45) is 1.07. The van der Waals surface area contributed by atoms with Crippen molar-refractivity contribution in [3.8, 4) is 5.75 Å². The van der Waals surface area contributed by atoms with E-state index in [1.54, 1.807) is 6.07 Å². The van der Waals surface area contributed by atoms with E-state index in [2.05, 4.69) is 34.8 Å². The van der Waals surface area contributed by atoms with Crippen LogP contribution in [0, 0.1) is 3.57 Å². The smallest absolute Gasteiger partial charge is 0.129 e. The van der Waals surface area contributed by atoms with E-state index >= 15 is 0 Å². The predicted molar refractivity (Wildman–Crippen MR) is 60.9 cm³/mol. The summed E-state index contributed by atoms with van der Waals surface area (Å²) in [7, 11) is 0. The zero-order valence-electron chi connectivity index (χ0n) is 7.47. The summed E-state index contributed by atoms with van der Waals surface area (Å²) >= 11 is 2.21. The number of phenols is 1. The number of rotatable bonds is 0. The Kier molecular flexibility index (Phi) is 2.47. The SMILES string of the molecule is CC1NCCc2ccc(O)c(I)c21. The highest BCUT2D eigenvalue weighted by Gasteiger charge is 2.19. The molecule has 3 heteroatoms. The van der Waals surface area contributed by atoms with Crippen molar-refractivity contribution in [3.05, 3.63) is 26.8 Å². The highest BCUT2D eigenvalue weighted by Crippen LogP contribution is 2.32. The minimum Gasteiger partial charge on any atom is -0.507 e. The minimum atomic E-state index is 0.364. The van der Waals surface area contributed by atoms with E-state index in [1.165, 1.54) is 11.1 Å². The third kappa shape index (κ3) is 1.55. The second-order valence-corrected chi connectivity index (χ2v) is 4.48. The van der Waals surface area contributed by atoms with Gasteiger partial charge in [-0.1, -0.05) is 6.07 Å². The van der Waals surface area contributed by atoms with E-state index in [1.807, 2.05) is 6.07 Å². The van der Waals surface area contributed by atoms with E-state index in [-0.39, 0.29) is 0 Å². The molecule has 70 valence electrons. The minimum absolute atomic E-state index is 0.364. The van der Waals surface area contributed by atoms with Crippen LogP contribution in [0.25, 0.3) is 0 Å². The third-order valence-corrected chi connectivity index (χ3v) is 3.66. The summed E-state index contributed by atoms with van der Waals surface area (Å²) in [6.45, 7) is 3.18. The Labute approximate surface area is 91.5 Å². The van der Waals surface area contributed by atoms with E-state index in [4.69, 9.17) is 0 Å². The van der Waals surface area contributed by atoms with Crippen molar-refractivity contribution in [1.29, 1.82) is 0 Å². The number of hydrogen-bond donors (Lipinski definition) is 2. The first-order valence-electron chi connectivity index (χ1n) is 4.44. The molecule has 2 N–H and O–H groups in total. The van der Waals surface area contributed by atoms with Crippen LogP contribution in [0.1, 0.15) is 24.1 Å². The van der Waals surface area contributed by atoms with Gasteiger partial charge in [0.2, 0.25) is 0 Å². The van der Waals surface area contributed by atoms with Crippen molar-refractivity contribution < 1.29 is 5.11 Å². The first-order valence-corrected chi connectivity index (χ1v) is 5.51. The van der Waals surface area contributed by atoms with E-state index in [0.29, 0.717) is 11.8 Å². The Hall–Kier alpha value is -0.290. The largest absolute Gasteiger partial charge is 0.507 e. The van der Waals surface area contributed by atoms with Gasteiger partial charge in [-0.05, 0) is 59.7 Å². The van der Waals surface area contributed by atoms with Crippen LogP contribution in [0.4, 0.5) is 0 Å². The molecular weight excluding hydrogens is 277 g/mol. The van der Waals surface area contributed by atoms with Gasteiger partial charge in [-0.15, -0.1) is 0 Å². The van der Waals surface area contributed by atoms with Gasteiger partial charge in [-0.2, -0.15) is 0 Å². The normalized spacial score (nSPS) is 21.2. The fourth-order valence-electron chi connectivity index (χ4n) is 1.83. The van der Waals surface area contributed by atoms with E-state index in [9.17, 15) is 5.11 Å². The molecule has 0 radical (unpaired) electrons. The van der Waals surface area contributed by atoms with Crippen molar-refractivity contribution in [1.82, 2.24) is 5.32 Å². The Morgan fingerprint density at radius 2 is 2.31 bits per heavy atom. The Morgan fingerprint density at radius 1 is 1.54 bits per heavy atom. The summed E-state index contributed by atoms with van der Waals surface area (Å²) in [5, 5.41) is 12.9. The first-order chi connectivity index (χ1) is 6.20. The van der Waals surface area contributed by atoms with Gasteiger partial charge in [-0.3, -0.25) is 0 Å². The van der Waals surface area contributed by atoms with Crippen molar-refractivity contribution >= 4 is 22.6 Å². The summed E-state index contributed by atoms with van der Waals surface area (Å²) in [5.74, 6) is 0.398. The molecule has 0 saturated carbocycles. The highest BCUT2D eigenvalue weighted by molar-refractivity contribution is 14.1. The Balaban J connectivity index is 2.58. The molecule has 1 aromatic rings. The van der Waals surface area contributed by atoms with Gasteiger partial charge >= 0.3 is 0 Å². The molecule has 1 aromatic carbocycles. The predicted octanol–water partition coefficient (Wildman–Crippen LogP) is 2.20. The lowest BCUT2D eigenvalue weighted by atomic mass is 9.95. The van der Waals surface area contributed by atoms with Gasteiger partial charge in [0.15, 0.2) is 0 Å². The Morgan fingerprint density at radius 3 is 3.08 bits per heavy atom. The molecule has 1 unspecified atom stereocenters. The third-order valence-electron chi connectivity index (χ3n) is 2.53. The zero-order valence-corrected chi connectivity index (χ0v) is 9.63. The van der Waals surface area contributed by atoms with Gasteiger partial charge < -0.3 is 10.4 Å². The van der Waals surface area contributed by atoms with Gasteiger partial charge in [0.05, 0.1) is 3.57 Å². The molecule has 0 aromatic heterocycles. The summed E-state index contributed by atoms with van der Waals surface area (Å²) in [6, 6.07) is 4.19. The molecule has 1 aliphatic rings. The van der Waals surface area contributed by atoms with Gasteiger partial charge in [0.1, 0.15) is 5.75 Å². The molecule has 1 aliphatic heterocycles. The molecule has 1 atom stereocenters. The maximum absolute atomic E-state index is 9.56. The van der Waals surface area contributed by atoms with Gasteiger partial charge in [0.25, 0.3) is 0 Å². The van der Waals surface area contributed by atoms with Crippen LogP contribution in [-0.2, 0) is 6.42 Å². The Bertz CT molecular complexity index is 338. The van der Waals surface area contributed by atoms with Crippen LogP contribution in [-0.4, -0.2) is 11.7 Å². The number of fused-ring (bicyclic) bond motifs is 1. The maximum Gasteiger partial charge on any atom is 0.129 e. The average Bonchev–Trinajstić information content (AvgIpc) is 2.12. The molecule has 0 saturated heterocycles. The molecule has 0 spiro atoms. The quantitative estimate of drug-likeness (QED) is 0.718. The van der Waals surface area contributed by atoms with Gasteiger partial charge in [-0.25, -0.2) is 0 Å². The van der Waals surface area contributed by atoms with Crippen molar-refractivity contribution in [2.75, 3.05) is 6.54 Å². The van der Waals surface area contributed by atoms with Crippen LogP contribution >= 0.6 is 22.6 Å². The molecular formula is C10H12INO. The molecule has 0 bridgehead atoms.